The van der Waals surface area contributed by atoms with Gasteiger partial charge < -0.3 is 10.6 Å². The topological polar surface area (TPSA) is 44.4 Å². The van der Waals surface area contributed by atoms with E-state index < -0.39 is 0 Å². The van der Waals surface area contributed by atoms with Gasteiger partial charge in [-0.2, -0.15) is 0 Å². The van der Waals surface area contributed by atoms with Crippen LogP contribution in [0.1, 0.15) is 32.6 Å². The zero-order valence-electron chi connectivity index (χ0n) is 11.7. The number of hydrogen-bond acceptors (Lipinski definition) is 3. The molecule has 0 aromatic heterocycles. The van der Waals surface area contributed by atoms with Crippen LogP contribution < -0.4 is 10.6 Å². The molecule has 4 nitrogen and oxygen atoms in total. The lowest BCUT2D eigenvalue weighted by Gasteiger charge is -2.25. The normalized spacial score (nSPS) is 24.4. The number of carbonyl (C=O) groups is 1. The molecule has 2 saturated heterocycles. The summed E-state index contributed by atoms with van der Waals surface area (Å²) in [7, 11) is 0. The molecule has 114 valence electrons. The Morgan fingerprint density at radius 3 is 2.58 bits per heavy atom. The van der Waals surface area contributed by atoms with E-state index in [9.17, 15) is 4.79 Å². The fourth-order valence-corrected chi connectivity index (χ4v) is 2.99. The SMILES string of the molecule is CCN1CCCC1CNC(=O)C1CCNCC1.Cl.Cl. The fraction of sp³-hybridized carbons (Fsp3) is 0.923. The van der Waals surface area contributed by atoms with Gasteiger partial charge in [0, 0.05) is 18.5 Å². The first kappa shape index (κ1) is 19.0. The van der Waals surface area contributed by atoms with Gasteiger partial charge in [-0.05, 0) is 51.9 Å². The molecule has 2 aliphatic heterocycles. The molecular weight excluding hydrogens is 285 g/mol. The van der Waals surface area contributed by atoms with Crippen molar-refractivity contribution >= 4 is 30.7 Å². The minimum Gasteiger partial charge on any atom is -0.354 e. The molecule has 2 heterocycles. The summed E-state index contributed by atoms with van der Waals surface area (Å²) in [6.07, 6.45) is 4.50. The van der Waals surface area contributed by atoms with Crippen LogP contribution in [0.3, 0.4) is 0 Å². The van der Waals surface area contributed by atoms with E-state index >= 15 is 0 Å². The Morgan fingerprint density at radius 2 is 1.95 bits per heavy atom. The number of carbonyl (C=O) groups excluding carboxylic acids is 1. The first-order chi connectivity index (χ1) is 8.31. The number of rotatable bonds is 4. The van der Waals surface area contributed by atoms with Crippen LogP contribution in [0.2, 0.25) is 0 Å². The Labute approximate surface area is 128 Å². The van der Waals surface area contributed by atoms with E-state index in [0.717, 1.165) is 39.0 Å². The van der Waals surface area contributed by atoms with Crippen LogP contribution in [0.4, 0.5) is 0 Å². The van der Waals surface area contributed by atoms with E-state index in [4.69, 9.17) is 0 Å². The highest BCUT2D eigenvalue weighted by atomic mass is 35.5. The predicted molar refractivity (Wildman–Crippen MR) is 83.4 cm³/mol. The summed E-state index contributed by atoms with van der Waals surface area (Å²) in [5, 5.41) is 6.44. The molecule has 1 amide bonds. The number of amides is 1. The number of likely N-dealkylation sites (tertiary alicyclic amines) is 1. The van der Waals surface area contributed by atoms with Crippen molar-refractivity contribution in [1.29, 1.82) is 0 Å². The summed E-state index contributed by atoms with van der Waals surface area (Å²) in [5.74, 6) is 0.516. The van der Waals surface area contributed by atoms with E-state index in [2.05, 4.69) is 22.5 Å². The minimum atomic E-state index is 0. The van der Waals surface area contributed by atoms with Crippen LogP contribution in [-0.2, 0) is 4.79 Å². The summed E-state index contributed by atoms with van der Waals surface area (Å²) in [6.45, 7) is 7.33. The molecule has 2 N–H and O–H groups in total. The van der Waals surface area contributed by atoms with Gasteiger partial charge in [-0.25, -0.2) is 0 Å². The van der Waals surface area contributed by atoms with Gasteiger partial charge in [0.2, 0.25) is 5.91 Å². The maximum Gasteiger partial charge on any atom is 0.223 e. The van der Waals surface area contributed by atoms with Crippen molar-refractivity contribution in [2.75, 3.05) is 32.7 Å². The molecule has 0 radical (unpaired) electrons. The van der Waals surface area contributed by atoms with Gasteiger partial charge in [-0.15, -0.1) is 24.8 Å². The maximum atomic E-state index is 12.0. The van der Waals surface area contributed by atoms with Crippen LogP contribution >= 0.6 is 24.8 Å². The zero-order chi connectivity index (χ0) is 12.1. The van der Waals surface area contributed by atoms with Crippen LogP contribution in [0, 0.1) is 5.92 Å². The van der Waals surface area contributed by atoms with E-state index in [0.29, 0.717) is 6.04 Å². The number of hydrogen-bond donors (Lipinski definition) is 2. The third-order valence-electron chi connectivity index (χ3n) is 4.13. The molecule has 19 heavy (non-hydrogen) atoms. The van der Waals surface area contributed by atoms with Gasteiger partial charge in [0.25, 0.3) is 0 Å². The van der Waals surface area contributed by atoms with E-state index in [1.54, 1.807) is 0 Å². The molecule has 2 aliphatic rings. The van der Waals surface area contributed by atoms with E-state index in [1.165, 1.54) is 19.4 Å². The molecule has 1 unspecified atom stereocenters. The first-order valence-electron chi connectivity index (χ1n) is 7.03. The Morgan fingerprint density at radius 1 is 1.26 bits per heavy atom. The third kappa shape index (κ3) is 5.46. The van der Waals surface area contributed by atoms with Gasteiger partial charge in [0.1, 0.15) is 0 Å². The second kappa shape index (κ2) is 9.81. The third-order valence-corrected chi connectivity index (χ3v) is 4.13. The largest absolute Gasteiger partial charge is 0.354 e. The van der Waals surface area contributed by atoms with Crippen LogP contribution in [0.5, 0.6) is 0 Å². The van der Waals surface area contributed by atoms with Gasteiger partial charge >= 0.3 is 0 Å². The molecule has 0 aromatic carbocycles. The summed E-state index contributed by atoms with van der Waals surface area (Å²) in [5.41, 5.74) is 0. The Balaban J connectivity index is 0.00000162. The monoisotopic (exact) mass is 311 g/mol. The van der Waals surface area contributed by atoms with Gasteiger partial charge in [-0.3, -0.25) is 9.69 Å². The number of piperidine rings is 1. The molecule has 0 saturated carbocycles. The zero-order valence-corrected chi connectivity index (χ0v) is 13.3. The molecule has 2 fully saturated rings. The van der Waals surface area contributed by atoms with Crippen molar-refractivity contribution < 1.29 is 4.79 Å². The Bertz CT molecular complexity index is 260. The molecule has 0 aromatic rings. The number of likely N-dealkylation sites (N-methyl/N-ethyl adjacent to an activating group) is 1. The van der Waals surface area contributed by atoms with Crippen LogP contribution in [0.15, 0.2) is 0 Å². The summed E-state index contributed by atoms with van der Waals surface area (Å²) in [4.78, 5) is 14.5. The molecular formula is C13H27Cl2N3O. The number of nitrogens with one attached hydrogen (secondary N) is 2. The van der Waals surface area contributed by atoms with Crippen molar-refractivity contribution in [3.63, 3.8) is 0 Å². The van der Waals surface area contributed by atoms with Crippen molar-refractivity contribution in [1.82, 2.24) is 15.5 Å². The van der Waals surface area contributed by atoms with Crippen molar-refractivity contribution in [3.05, 3.63) is 0 Å². The average molecular weight is 312 g/mol. The Kier molecular flexibility index (Phi) is 9.79. The van der Waals surface area contributed by atoms with Crippen LogP contribution in [0.25, 0.3) is 0 Å². The van der Waals surface area contributed by atoms with E-state index in [1.807, 2.05) is 0 Å². The Hall–Kier alpha value is -0.0300. The molecule has 1 atom stereocenters. The second-order valence-electron chi connectivity index (χ2n) is 5.19. The lowest BCUT2D eigenvalue weighted by molar-refractivity contribution is -0.125. The average Bonchev–Trinajstić information content (AvgIpc) is 2.84. The standard InChI is InChI=1S/C13H25N3O.2ClH/c1-2-16-9-3-4-12(16)10-15-13(17)11-5-7-14-8-6-11;;/h11-12,14H,2-10H2,1H3,(H,15,17);2*1H. The maximum absolute atomic E-state index is 12.0. The quantitative estimate of drug-likeness (QED) is 0.825. The van der Waals surface area contributed by atoms with Crippen molar-refractivity contribution in [2.45, 2.75) is 38.6 Å². The van der Waals surface area contributed by atoms with Gasteiger partial charge in [0.05, 0.1) is 0 Å². The predicted octanol–water partition coefficient (Wildman–Crippen LogP) is 1.43. The lowest BCUT2D eigenvalue weighted by Crippen LogP contribution is -2.44. The highest BCUT2D eigenvalue weighted by molar-refractivity contribution is 5.85. The molecule has 0 spiro atoms. The molecule has 0 aliphatic carbocycles. The van der Waals surface area contributed by atoms with Crippen molar-refractivity contribution in [2.24, 2.45) is 5.92 Å². The molecule has 2 rings (SSSR count). The fourth-order valence-electron chi connectivity index (χ4n) is 2.99. The first-order valence-corrected chi connectivity index (χ1v) is 7.03. The van der Waals surface area contributed by atoms with Gasteiger partial charge in [-0.1, -0.05) is 6.92 Å². The summed E-state index contributed by atoms with van der Waals surface area (Å²) in [6, 6.07) is 0.575. The number of halogens is 2. The molecule has 0 bridgehead atoms. The van der Waals surface area contributed by atoms with Crippen LogP contribution in [-0.4, -0.2) is 49.6 Å². The van der Waals surface area contributed by atoms with E-state index in [-0.39, 0.29) is 36.6 Å². The highest BCUT2D eigenvalue weighted by Crippen LogP contribution is 2.16. The smallest absolute Gasteiger partial charge is 0.223 e. The van der Waals surface area contributed by atoms with Gasteiger partial charge in [0.15, 0.2) is 0 Å². The lowest BCUT2D eigenvalue weighted by atomic mass is 9.97. The number of nitrogens with zero attached hydrogens (tertiary/aromatic N) is 1. The highest BCUT2D eigenvalue weighted by Gasteiger charge is 2.25. The minimum absolute atomic E-state index is 0. The summed E-state index contributed by atoms with van der Waals surface area (Å²) < 4.78 is 0. The summed E-state index contributed by atoms with van der Waals surface area (Å²) >= 11 is 0. The second-order valence-corrected chi connectivity index (χ2v) is 5.19. The molecule has 6 heteroatoms. The van der Waals surface area contributed by atoms with Crippen molar-refractivity contribution in [3.8, 4) is 0 Å².